The van der Waals surface area contributed by atoms with Gasteiger partial charge >= 0.3 is 0 Å². The summed E-state index contributed by atoms with van der Waals surface area (Å²) in [6.07, 6.45) is 0. The van der Waals surface area contributed by atoms with Gasteiger partial charge in [-0.2, -0.15) is 16.8 Å². The molecule has 5 aromatic rings. The number of nitrogens with one attached hydrogen (secondary N) is 2. The van der Waals surface area contributed by atoms with E-state index < -0.39 is 20.2 Å². The van der Waals surface area contributed by atoms with Gasteiger partial charge in [-0.3, -0.25) is 9.11 Å². The van der Waals surface area contributed by atoms with E-state index in [1.54, 1.807) is 24.3 Å². The standard InChI is InChI=1S/C20H14N4O6S2/c25-31(26,27)13-5-1-3-11(7-13)19-21-15-9-17-18(10-16(15)22-19)24-20(23-17)12-4-2-6-14(8-12)32(28,29)30/h1-10H,(H,21,22)(H,23,24)(H,25,26,27)(H,28,29,30). The van der Waals surface area contributed by atoms with Crippen molar-refractivity contribution in [3.05, 3.63) is 60.7 Å². The predicted octanol–water partition coefficient (Wildman–Crippen LogP) is 3.27. The molecule has 12 heteroatoms. The molecule has 3 aromatic carbocycles. The zero-order chi connectivity index (χ0) is 22.7. The first-order chi connectivity index (χ1) is 15.1. The second kappa shape index (κ2) is 6.97. The summed E-state index contributed by atoms with van der Waals surface area (Å²) in [6, 6.07) is 15.0. The van der Waals surface area contributed by atoms with Gasteiger partial charge in [0.2, 0.25) is 0 Å². The third-order valence-corrected chi connectivity index (χ3v) is 6.59. The Kier molecular flexibility index (Phi) is 4.43. The molecule has 0 aliphatic carbocycles. The maximum Gasteiger partial charge on any atom is 0.294 e. The van der Waals surface area contributed by atoms with Crippen LogP contribution in [0, 0.1) is 0 Å². The number of hydrogen-bond acceptors (Lipinski definition) is 6. The lowest BCUT2D eigenvalue weighted by atomic mass is 10.2. The fourth-order valence-corrected chi connectivity index (χ4v) is 4.45. The minimum absolute atomic E-state index is 0.235. The van der Waals surface area contributed by atoms with Crippen molar-refractivity contribution in [1.82, 2.24) is 19.9 Å². The average Bonchev–Trinajstić information content (AvgIpc) is 3.34. The van der Waals surface area contributed by atoms with Crippen LogP contribution in [0.25, 0.3) is 44.8 Å². The Morgan fingerprint density at radius 3 is 1.47 bits per heavy atom. The third-order valence-electron chi connectivity index (χ3n) is 4.90. The summed E-state index contributed by atoms with van der Waals surface area (Å²) in [5, 5.41) is 0. The van der Waals surface area contributed by atoms with E-state index in [-0.39, 0.29) is 9.79 Å². The molecule has 10 nitrogen and oxygen atoms in total. The molecule has 0 atom stereocenters. The molecule has 0 aliphatic heterocycles. The summed E-state index contributed by atoms with van der Waals surface area (Å²) < 4.78 is 64.1. The van der Waals surface area contributed by atoms with Crippen molar-refractivity contribution in [2.75, 3.05) is 0 Å². The predicted molar refractivity (Wildman–Crippen MR) is 116 cm³/mol. The molecule has 0 aliphatic rings. The Morgan fingerprint density at radius 2 is 1.06 bits per heavy atom. The van der Waals surface area contributed by atoms with Crippen LogP contribution in [0.1, 0.15) is 0 Å². The zero-order valence-corrected chi connectivity index (χ0v) is 17.6. The minimum Gasteiger partial charge on any atom is -0.338 e. The molecule has 0 bridgehead atoms. The van der Waals surface area contributed by atoms with Crippen LogP contribution < -0.4 is 0 Å². The minimum atomic E-state index is -4.34. The van der Waals surface area contributed by atoms with E-state index in [0.29, 0.717) is 44.8 Å². The second-order valence-corrected chi connectivity index (χ2v) is 9.91. The molecule has 0 radical (unpaired) electrons. The lowest BCUT2D eigenvalue weighted by molar-refractivity contribution is 0.481. The van der Waals surface area contributed by atoms with Gasteiger partial charge in [0.25, 0.3) is 20.2 Å². The van der Waals surface area contributed by atoms with Gasteiger partial charge in [0, 0.05) is 11.1 Å². The molecule has 162 valence electrons. The van der Waals surface area contributed by atoms with Crippen LogP contribution in [0.15, 0.2) is 70.5 Å². The topological polar surface area (TPSA) is 166 Å². The summed E-state index contributed by atoms with van der Waals surface area (Å²) in [5.41, 5.74) is 3.44. The molecule has 0 fully saturated rings. The first-order valence-electron chi connectivity index (χ1n) is 9.13. The lowest BCUT2D eigenvalue weighted by Gasteiger charge is -2.00. The van der Waals surface area contributed by atoms with E-state index in [9.17, 15) is 25.9 Å². The molecular weight excluding hydrogens is 456 g/mol. The van der Waals surface area contributed by atoms with E-state index in [1.807, 2.05) is 0 Å². The van der Waals surface area contributed by atoms with Crippen LogP contribution >= 0.6 is 0 Å². The molecule has 2 heterocycles. The van der Waals surface area contributed by atoms with E-state index in [0.717, 1.165) is 0 Å². The number of benzene rings is 3. The molecule has 5 rings (SSSR count). The lowest BCUT2D eigenvalue weighted by Crippen LogP contribution is -1.97. The summed E-state index contributed by atoms with van der Waals surface area (Å²) in [7, 11) is -8.68. The highest BCUT2D eigenvalue weighted by Crippen LogP contribution is 2.28. The number of fused-ring (bicyclic) bond motifs is 2. The van der Waals surface area contributed by atoms with Crippen molar-refractivity contribution >= 4 is 42.3 Å². The van der Waals surface area contributed by atoms with Crippen molar-refractivity contribution in [2.24, 2.45) is 0 Å². The van der Waals surface area contributed by atoms with E-state index in [2.05, 4.69) is 19.9 Å². The van der Waals surface area contributed by atoms with Gasteiger partial charge in [-0.1, -0.05) is 24.3 Å². The highest BCUT2D eigenvalue weighted by molar-refractivity contribution is 7.86. The molecule has 0 amide bonds. The highest BCUT2D eigenvalue weighted by atomic mass is 32.2. The van der Waals surface area contributed by atoms with Crippen molar-refractivity contribution in [3.8, 4) is 22.8 Å². The van der Waals surface area contributed by atoms with Gasteiger partial charge in [-0.05, 0) is 36.4 Å². The van der Waals surface area contributed by atoms with Gasteiger partial charge < -0.3 is 9.97 Å². The van der Waals surface area contributed by atoms with E-state index >= 15 is 0 Å². The number of nitrogens with zero attached hydrogens (tertiary/aromatic N) is 2. The van der Waals surface area contributed by atoms with Crippen LogP contribution in [0.5, 0.6) is 0 Å². The van der Waals surface area contributed by atoms with Crippen LogP contribution in [-0.2, 0) is 20.2 Å². The van der Waals surface area contributed by atoms with Crippen LogP contribution in [-0.4, -0.2) is 45.9 Å². The Hall–Kier alpha value is -3.58. The number of hydrogen-bond donors (Lipinski definition) is 4. The third kappa shape index (κ3) is 3.65. The first-order valence-corrected chi connectivity index (χ1v) is 12.0. The van der Waals surface area contributed by atoms with Crippen molar-refractivity contribution in [1.29, 1.82) is 0 Å². The summed E-state index contributed by atoms with van der Waals surface area (Å²) in [4.78, 5) is 14.7. The number of H-pyrrole nitrogens is 2. The summed E-state index contributed by atoms with van der Waals surface area (Å²) >= 11 is 0. The fraction of sp³-hybridized carbons (Fsp3) is 0. The maximum absolute atomic E-state index is 11.4. The molecule has 2 aromatic heterocycles. The van der Waals surface area contributed by atoms with Crippen molar-refractivity contribution in [3.63, 3.8) is 0 Å². The van der Waals surface area contributed by atoms with Crippen molar-refractivity contribution < 1.29 is 25.9 Å². The number of aromatic nitrogens is 4. The molecule has 4 N–H and O–H groups in total. The van der Waals surface area contributed by atoms with Gasteiger partial charge in [0.15, 0.2) is 0 Å². The Morgan fingerprint density at radius 1 is 0.625 bits per heavy atom. The number of rotatable bonds is 4. The quantitative estimate of drug-likeness (QED) is 0.290. The fourth-order valence-electron chi connectivity index (χ4n) is 3.40. The van der Waals surface area contributed by atoms with Gasteiger partial charge in [0.05, 0.1) is 31.9 Å². The smallest absolute Gasteiger partial charge is 0.294 e. The van der Waals surface area contributed by atoms with Gasteiger partial charge in [-0.25, -0.2) is 9.97 Å². The molecule has 0 unspecified atom stereocenters. The monoisotopic (exact) mass is 470 g/mol. The first kappa shape index (κ1) is 20.3. The van der Waals surface area contributed by atoms with E-state index in [1.165, 1.54) is 36.4 Å². The second-order valence-electron chi connectivity index (χ2n) is 7.06. The molecule has 0 spiro atoms. The maximum atomic E-state index is 11.4. The molecular formula is C20H14N4O6S2. The SMILES string of the molecule is O=S(=O)(O)c1cccc(-c2nc3cc4nc(-c5cccc(S(=O)(=O)O)c5)[nH]c4cc3[nH]2)c1. The van der Waals surface area contributed by atoms with Gasteiger partial charge in [0.1, 0.15) is 11.6 Å². The number of imidazole rings is 2. The molecule has 0 saturated heterocycles. The Bertz CT molecular complexity index is 1560. The van der Waals surface area contributed by atoms with Gasteiger partial charge in [-0.15, -0.1) is 0 Å². The zero-order valence-electron chi connectivity index (χ0n) is 16.0. The Balaban J connectivity index is 1.58. The normalized spacial score (nSPS) is 12.6. The van der Waals surface area contributed by atoms with Crippen LogP contribution in [0.3, 0.4) is 0 Å². The summed E-state index contributed by atoms with van der Waals surface area (Å²) in [5.74, 6) is 0.832. The molecule has 32 heavy (non-hydrogen) atoms. The highest BCUT2D eigenvalue weighted by Gasteiger charge is 2.15. The average molecular weight is 470 g/mol. The van der Waals surface area contributed by atoms with Crippen LogP contribution in [0.2, 0.25) is 0 Å². The van der Waals surface area contributed by atoms with Crippen LogP contribution in [0.4, 0.5) is 0 Å². The van der Waals surface area contributed by atoms with E-state index in [4.69, 9.17) is 0 Å². The van der Waals surface area contributed by atoms with Crippen molar-refractivity contribution in [2.45, 2.75) is 9.79 Å². The number of aromatic amines is 2. The largest absolute Gasteiger partial charge is 0.338 e. The summed E-state index contributed by atoms with van der Waals surface area (Å²) in [6.45, 7) is 0. The molecule has 0 saturated carbocycles. The Labute approximate surface area is 181 Å².